The zero-order valence-electron chi connectivity index (χ0n) is 13.9. The summed E-state index contributed by atoms with van der Waals surface area (Å²) in [6.45, 7) is 6.03. The molecule has 0 saturated carbocycles. The molecule has 0 atom stereocenters. The molecule has 1 aromatic heterocycles. The summed E-state index contributed by atoms with van der Waals surface area (Å²) in [5, 5.41) is 0.889. The second-order valence-corrected chi connectivity index (χ2v) is 5.48. The molecule has 0 N–H and O–H groups in total. The van der Waals surface area contributed by atoms with Crippen LogP contribution in [0.15, 0.2) is 68.8 Å². The molecule has 3 rings (SSSR count). The number of benzene rings is 2. The third kappa shape index (κ3) is 3.38. The van der Waals surface area contributed by atoms with Gasteiger partial charge in [0, 0.05) is 36.4 Å². The van der Waals surface area contributed by atoms with Crippen molar-refractivity contribution in [3.05, 3.63) is 70.6 Å². The predicted octanol–water partition coefficient (Wildman–Crippen LogP) is 4.39. The van der Waals surface area contributed by atoms with E-state index in [-0.39, 0.29) is 5.63 Å². The normalized spacial score (nSPS) is 11.2. The van der Waals surface area contributed by atoms with Gasteiger partial charge in [-0.15, -0.1) is 0 Å². The molecule has 0 unspecified atom stereocenters. The first-order valence-corrected chi connectivity index (χ1v) is 8.13. The Balaban J connectivity index is 1.97. The van der Waals surface area contributed by atoms with Gasteiger partial charge in [-0.3, -0.25) is 4.99 Å². The average Bonchev–Trinajstić information content (AvgIpc) is 2.62. The van der Waals surface area contributed by atoms with Gasteiger partial charge in [0.1, 0.15) is 5.58 Å². The van der Waals surface area contributed by atoms with E-state index in [0.29, 0.717) is 11.1 Å². The quantitative estimate of drug-likeness (QED) is 0.517. The van der Waals surface area contributed by atoms with E-state index < -0.39 is 0 Å². The second-order valence-electron chi connectivity index (χ2n) is 5.48. The lowest BCUT2D eigenvalue weighted by Crippen LogP contribution is -2.21. The fourth-order valence-corrected chi connectivity index (χ4v) is 2.65. The van der Waals surface area contributed by atoms with E-state index in [1.807, 2.05) is 54.6 Å². The highest BCUT2D eigenvalue weighted by Gasteiger charge is 2.07. The Hall–Kier alpha value is -2.88. The maximum absolute atomic E-state index is 12.2. The lowest BCUT2D eigenvalue weighted by molar-refractivity contribution is 0.559. The molecule has 0 amide bonds. The fraction of sp³-hybridized carbons (Fsp3) is 0.200. The molecule has 0 bridgehead atoms. The van der Waals surface area contributed by atoms with Gasteiger partial charge in [-0.05, 0) is 44.2 Å². The Morgan fingerprint density at radius 3 is 2.50 bits per heavy atom. The van der Waals surface area contributed by atoms with Crippen molar-refractivity contribution in [3.63, 3.8) is 0 Å². The van der Waals surface area contributed by atoms with Crippen molar-refractivity contribution in [2.24, 2.45) is 4.99 Å². The van der Waals surface area contributed by atoms with E-state index in [2.05, 4.69) is 23.7 Å². The lowest BCUT2D eigenvalue weighted by atomic mass is 10.1. The molecule has 4 nitrogen and oxygen atoms in total. The Morgan fingerprint density at radius 2 is 1.79 bits per heavy atom. The Labute approximate surface area is 141 Å². The van der Waals surface area contributed by atoms with Gasteiger partial charge in [0.25, 0.3) is 0 Å². The van der Waals surface area contributed by atoms with Crippen LogP contribution < -0.4 is 10.5 Å². The van der Waals surface area contributed by atoms with Crippen molar-refractivity contribution in [2.45, 2.75) is 13.8 Å². The monoisotopic (exact) mass is 320 g/mol. The van der Waals surface area contributed by atoms with Crippen molar-refractivity contribution in [1.82, 2.24) is 0 Å². The molecule has 24 heavy (non-hydrogen) atoms. The molecular formula is C20H20N2O2. The molecule has 0 fully saturated rings. The van der Waals surface area contributed by atoms with Gasteiger partial charge in [0.2, 0.25) is 0 Å². The molecule has 0 spiro atoms. The number of aliphatic imine (C=N–C) groups is 1. The fourth-order valence-electron chi connectivity index (χ4n) is 2.65. The van der Waals surface area contributed by atoms with Gasteiger partial charge < -0.3 is 9.32 Å². The minimum absolute atomic E-state index is 0.376. The molecule has 0 aliphatic heterocycles. The summed E-state index contributed by atoms with van der Waals surface area (Å²) in [4.78, 5) is 18.7. The SMILES string of the molecule is CCN(CC)c1ccc2cc(C=Nc3ccccc3)c(=O)oc2c1. The van der Waals surface area contributed by atoms with E-state index in [1.165, 1.54) is 0 Å². The molecule has 4 heteroatoms. The Bertz CT molecular complexity index is 910. The summed E-state index contributed by atoms with van der Waals surface area (Å²) >= 11 is 0. The molecule has 0 aliphatic carbocycles. The number of rotatable bonds is 5. The molecule has 1 heterocycles. The smallest absolute Gasteiger partial charge is 0.345 e. The summed E-state index contributed by atoms with van der Waals surface area (Å²) in [5.74, 6) is 0. The Morgan fingerprint density at radius 1 is 1.04 bits per heavy atom. The highest BCUT2D eigenvalue weighted by molar-refractivity contribution is 5.88. The van der Waals surface area contributed by atoms with E-state index in [0.717, 1.165) is 29.9 Å². The zero-order valence-corrected chi connectivity index (χ0v) is 13.9. The van der Waals surface area contributed by atoms with Crippen molar-refractivity contribution < 1.29 is 4.42 Å². The number of para-hydroxylation sites is 1. The van der Waals surface area contributed by atoms with Crippen LogP contribution in [0.4, 0.5) is 11.4 Å². The van der Waals surface area contributed by atoms with Gasteiger partial charge in [0.15, 0.2) is 0 Å². The first-order valence-electron chi connectivity index (χ1n) is 8.13. The highest BCUT2D eigenvalue weighted by Crippen LogP contribution is 2.21. The van der Waals surface area contributed by atoms with Crippen molar-refractivity contribution in [2.75, 3.05) is 18.0 Å². The van der Waals surface area contributed by atoms with Crippen LogP contribution in [0.1, 0.15) is 19.4 Å². The zero-order chi connectivity index (χ0) is 16.9. The minimum atomic E-state index is -0.376. The van der Waals surface area contributed by atoms with Crippen LogP contribution in [0, 0.1) is 0 Å². The summed E-state index contributed by atoms with van der Waals surface area (Å²) in [6, 6.07) is 17.3. The number of nitrogens with zero attached hydrogens (tertiary/aromatic N) is 2. The second kappa shape index (κ2) is 7.13. The first-order chi connectivity index (χ1) is 11.7. The maximum Gasteiger partial charge on any atom is 0.345 e. The Kier molecular flexibility index (Phi) is 4.75. The van der Waals surface area contributed by atoms with Crippen LogP contribution in [0.5, 0.6) is 0 Å². The van der Waals surface area contributed by atoms with Gasteiger partial charge >= 0.3 is 5.63 Å². The molecule has 122 valence electrons. The number of hydrogen-bond acceptors (Lipinski definition) is 4. The van der Waals surface area contributed by atoms with E-state index in [4.69, 9.17) is 4.42 Å². The number of hydrogen-bond donors (Lipinski definition) is 0. The van der Waals surface area contributed by atoms with Crippen LogP contribution in [-0.4, -0.2) is 19.3 Å². The third-order valence-corrected chi connectivity index (χ3v) is 3.98. The topological polar surface area (TPSA) is 45.8 Å². The first kappa shape index (κ1) is 16.0. The third-order valence-electron chi connectivity index (χ3n) is 3.98. The van der Waals surface area contributed by atoms with Crippen LogP contribution in [-0.2, 0) is 0 Å². The average molecular weight is 320 g/mol. The van der Waals surface area contributed by atoms with Crippen LogP contribution in [0.2, 0.25) is 0 Å². The largest absolute Gasteiger partial charge is 0.422 e. The van der Waals surface area contributed by atoms with Crippen molar-refractivity contribution in [1.29, 1.82) is 0 Å². The van der Waals surface area contributed by atoms with E-state index in [1.54, 1.807) is 6.21 Å². The molecule has 3 aromatic rings. The van der Waals surface area contributed by atoms with Gasteiger partial charge in [0.05, 0.1) is 11.3 Å². The van der Waals surface area contributed by atoms with Crippen molar-refractivity contribution in [3.8, 4) is 0 Å². The van der Waals surface area contributed by atoms with Crippen LogP contribution in [0.25, 0.3) is 11.0 Å². The summed E-state index contributed by atoms with van der Waals surface area (Å²) in [5.41, 5.74) is 2.53. The van der Waals surface area contributed by atoms with Gasteiger partial charge in [-0.2, -0.15) is 0 Å². The molecule has 0 radical (unpaired) electrons. The van der Waals surface area contributed by atoms with E-state index >= 15 is 0 Å². The number of fused-ring (bicyclic) bond motifs is 1. The maximum atomic E-state index is 12.2. The van der Waals surface area contributed by atoms with Crippen LogP contribution >= 0.6 is 0 Å². The molecule has 0 saturated heterocycles. The van der Waals surface area contributed by atoms with Crippen LogP contribution in [0.3, 0.4) is 0 Å². The standard InChI is InChI=1S/C20H20N2O2/c1-3-22(4-2)18-11-10-15-12-16(20(23)24-19(15)13-18)14-21-17-8-6-5-7-9-17/h5-14H,3-4H2,1-2H3. The predicted molar refractivity (Wildman–Crippen MR) is 99.7 cm³/mol. The summed E-state index contributed by atoms with van der Waals surface area (Å²) in [7, 11) is 0. The highest BCUT2D eigenvalue weighted by atomic mass is 16.4. The van der Waals surface area contributed by atoms with Gasteiger partial charge in [-0.1, -0.05) is 18.2 Å². The number of anilines is 1. The molecule has 0 aliphatic rings. The lowest BCUT2D eigenvalue weighted by Gasteiger charge is -2.20. The summed E-state index contributed by atoms with van der Waals surface area (Å²) in [6.07, 6.45) is 1.55. The van der Waals surface area contributed by atoms with Gasteiger partial charge in [-0.25, -0.2) is 4.79 Å². The molecule has 2 aromatic carbocycles. The molecular weight excluding hydrogens is 300 g/mol. The minimum Gasteiger partial charge on any atom is -0.422 e. The summed E-state index contributed by atoms with van der Waals surface area (Å²) < 4.78 is 5.49. The van der Waals surface area contributed by atoms with Crippen molar-refractivity contribution >= 4 is 28.6 Å². The van der Waals surface area contributed by atoms with E-state index in [9.17, 15) is 4.79 Å².